The molecule has 2 nitrogen and oxygen atoms in total. The van der Waals surface area contributed by atoms with Crippen molar-refractivity contribution < 1.29 is 4.21 Å². The third kappa shape index (κ3) is 8.75. The van der Waals surface area contributed by atoms with Crippen LogP contribution in [0.3, 0.4) is 0 Å². The van der Waals surface area contributed by atoms with E-state index in [1.807, 2.05) is 27.7 Å². The summed E-state index contributed by atoms with van der Waals surface area (Å²) in [5.41, 5.74) is 0. The summed E-state index contributed by atoms with van der Waals surface area (Å²) < 4.78 is 13.2. The molecule has 0 spiro atoms. The van der Waals surface area contributed by atoms with Crippen LogP contribution >= 0.6 is 34.8 Å². The lowest BCUT2D eigenvalue weighted by Crippen LogP contribution is -2.38. The molecule has 0 amide bonds. The summed E-state index contributed by atoms with van der Waals surface area (Å²) in [4.78, 5) is 0. The van der Waals surface area contributed by atoms with E-state index in [2.05, 4.69) is 4.72 Å². The second kappa shape index (κ2) is 6.06. The molecule has 0 aliphatic carbocycles. The second-order valence-electron chi connectivity index (χ2n) is 4.55. The summed E-state index contributed by atoms with van der Waals surface area (Å²) in [7, 11) is -1.07. The van der Waals surface area contributed by atoms with E-state index in [9.17, 15) is 4.21 Å². The highest BCUT2D eigenvalue weighted by molar-refractivity contribution is 7.84. The highest BCUT2D eigenvalue weighted by Gasteiger charge is 2.24. The lowest BCUT2D eigenvalue weighted by molar-refractivity contribution is 0.567. The molecule has 0 fully saturated rings. The van der Waals surface area contributed by atoms with Gasteiger partial charge in [-0.25, -0.2) is 8.93 Å². The average molecular weight is 295 g/mol. The molecule has 0 aromatic heterocycles. The molecule has 0 aliphatic heterocycles. The Morgan fingerprint density at radius 2 is 1.73 bits per heavy atom. The molecule has 92 valence electrons. The van der Waals surface area contributed by atoms with Crippen molar-refractivity contribution in [2.45, 2.75) is 55.1 Å². The van der Waals surface area contributed by atoms with E-state index in [1.165, 1.54) is 0 Å². The van der Waals surface area contributed by atoms with Gasteiger partial charge in [-0.2, -0.15) is 0 Å². The van der Waals surface area contributed by atoms with Gasteiger partial charge in [0.25, 0.3) is 0 Å². The minimum Gasteiger partial charge on any atom is -0.242 e. The van der Waals surface area contributed by atoms with Crippen molar-refractivity contribution in [3.8, 4) is 0 Å². The third-order valence-corrected chi connectivity index (χ3v) is 4.02. The van der Waals surface area contributed by atoms with Crippen LogP contribution in [-0.4, -0.2) is 18.8 Å². The van der Waals surface area contributed by atoms with Gasteiger partial charge in [-0.3, -0.25) is 0 Å². The Bertz CT molecular complexity index is 222. The van der Waals surface area contributed by atoms with Gasteiger partial charge in [0.05, 0.1) is 15.7 Å². The molecule has 6 heteroatoms. The van der Waals surface area contributed by atoms with E-state index in [4.69, 9.17) is 34.8 Å². The lowest BCUT2D eigenvalue weighted by Gasteiger charge is -2.22. The van der Waals surface area contributed by atoms with E-state index in [1.54, 1.807) is 0 Å². The molecule has 0 saturated heterocycles. The quantitative estimate of drug-likeness (QED) is 0.789. The number of alkyl halides is 3. The van der Waals surface area contributed by atoms with E-state index in [0.29, 0.717) is 12.8 Å². The number of hydrogen-bond acceptors (Lipinski definition) is 1. The first kappa shape index (κ1) is 16.0. The summed E-state index contributed by atoms with van der Waals surface area (Å²) >= 11 is 16.9. The van der Waals surface area contributed by atoms with Crippen LogP contribution in [0.15, 0.2) is 0 Å². The maximum absolute atomic E-state index is 11.7. The van der Waals surface area contributed by atoms with Gasteiger partial charge in [-0.05, 0) is 40.5 Å². The molecule has 1 N–H and O–H groups in total. The van der Waals surface area contributed by atoms with Crippen LogP contribution in [0, 0.1) is 0 Å². The van der Waals surface area contributed by atoms with Crippen molar-refractivity contribution in [3.05, 3.63) is 0 Å². The number of rotatable bonds is 4. The zero-order valence-electron chi connectivity index (χ0n) is 9.44. The van der Waals surface area contributed by atoms with Gasteiger partial charge in [0.2, 0.25) is 0 Å². The third-order valence-electron chi connectivity index (χ3n) is 1.73. The minimum absolute atomic E-state index is 0.0701. The Kier molecular flexibility index (Phi) is 6.46. The largest absolute Gasteiger partial charge is 0.242 e. The van der Waals surface area contributed by atoms with E-state index >= 15 is 0 Å². The molecule has 0 bridgehead atoms. The van der Waals surface area contributed by atoms with Gasteiger partial charge < -0.3 is 0 Å². The number of hydrogen-bond donors (Lipinski definition) is 1. The molecule has 0 aromatic rings. The van der Waals surface area contributed by atoms with Gasteiger partial charge in [0.15, 0.2) is 3.79 Å². The van der Waals surface area contributed by atoms with Crippen molar-refractivity contribution in [1.29, 1.82) is 0 Å². The Morgan fingerprint density at radius 1 is 1.27 bits per heavy atom. The maximum Gasteiger partial charge on any atom is 0.190 e. The molecule has 0 rings (SSSR count). The fourth-order valence-corrected chi connectivity index (χ4v) is 1.96. The highest BCUT2D eigenvalue weighted by Crippen LogP contribution is 2.31. The molecule has 0 heterocycles. The Balaban J connectivity index is 3.95. The molecular weight excluding hydrogens is 277 g/mol. The second-order valence-corrected chi connectivity index (χ2v) is 9.07. The van der Waals surface area contributed by atoms with Crippen LogP contribution < -0.4 is 4.72 Å². The van der Waals surface area contributed by atoms with Crippen molar-refractivity contribution in [2.75, 3.05) is 0 Å². The fourth-order valence-electron chi connectivity index (χ4n) is 0.799. The number of nitrogens with one attached hydrogen (secondary N) is 1. The lowest BCUT2D eigenvalue weighted by atomic mass is 10.2. The standard InChI is InChI=1S/C9H18Cl3NOS/c1-7(5-6-9(10,11)12)13-15(14)8(2,3)4/h7,13H,5-6H2,1-4H3. The molecule has 2 atom stereocenters. The van der Waals surface area contributed by atoms with Crippen LogP contribution in [0.2, 0.25) is 0 Å². The van der Waals surface area contributed by atoms with Crippen molar-refractivity contribution in [2.24, 2.45) is 0 Å². The smallest absolute Gasteiger partial charge is 0.190 e. The SMILES string of the molecule is CC(CCC(Cl)(Cl)Cl)NS(=O)C(C)(C)C. The van der Waals surface area contributed by atoms with E-state index < -0.39 is 14.8 Å². The Hall–Kier alpha value is 0.980. The van der Waals surface area contributed by atoms with Crippen molar-refractivity contribution in [3.63, 3.8) is 0 Å². The molecule has 0 saturated carbocycles. The number of halogens is 3. The highest BCUT2D eigenvalue weighted by atomic mass is 35.6. The normalized spacial score (nSPS) is 17.5. The first-order valence-electron chi connectivity index (χ1n) is 4.77. The summed E-state index contributed by atoms with van der Waals surface area (Å²) in [5.74, 6) is 0. The molecule has 2 unspecified atom stereocenters. The first-order valence-corrected chi connectivity index (χ1v) is 7.05. The molecule has 0 aromatic carbocycles. The maximum atomic E-state index is 11.7. The van der Waals surface area contributed by atoms with E-state index in [0.717, 1.165) is 0 Å². The van der Waals surface area contributed by atoms with Crippen molar-refractivity contribution >= 4 is 45.8 Å². The van der Waals surface area contributed by atoms with Crippen LogP contribution in [0.5, 0.6) is 0 Å². The predicted molar refractivity (Wildman–Crippen MR) is 70.0 cm³/mol. The summed E-state index contributed by atoms with van der Waals surface area (Å²) in [6, 6.07) is 0.0701. The summed E-state index contributed by atoms with van der Waals surface area (Å²) in [6.07, 6.45) is 1.13. The Labute approximate surface area is 110 Å². The monoisotopic (exact) mass is 293 g/mol. The van der Waals surface area contributed by atoms with Gasteiger partial charge in [0, 0.05) is 6.04 Å². The van der Waals surface area contributed by atoms with Gasteiger partial charge in [0.1, 0.15) is 0 Å². The summed E-state index contributed by atoms with van der Waals surface area (Å²) in [5, 5.41) is 0. The zero-order valence-corrected chi connectivity index (χ0v) is 12.5. The first-order chi connectivity index (χ1) is 6.52. The topological polar surface area (TPSA) is 29.1 Å². The Morgan fingerprint density at radius 3 is 2.07 bits per heavy atom. The molecule has 15 heavy (non-hydrogen) atoms. The van der Waals surface area contributed by atoms with Crippen LogP contribution in [0.4, 0.5) is 0 Å². The van der Waals surface area contributed by atoms with Gasteiger partial charge >= 0.3 is 0 Å². The minimum atomic E-state index is -1.22. The predicted octanol–water partition coefficient (Wildman–Crippen LogP) is 3.58. The fraction of sp³-hybridized carbons (Fsp3) is 1.00. The van der Waals surface area contributed by atoms with Crippen LogP contribution in [0.1, 0.15) is 40.5 Å². The summed E-state index contributed by atoms with van der Waals surface area (Å²) in [6.45, 7) is 7.67. The van der Waals surface area contributed by atoms with Crippen LogP contribution in [0.25, 0.3) is 0 Å². The van der Waals surface area contributed by atoms with E-state index in [-0.39, 0.29) is 10.8 Å². The molecular formula is C9H18Cl3NOS. The molecule has 0 aliphatic rings. The molecule has 0 radical (unpaired) electrons. The van der Waals surface area contributed by atoms with Crippen molar-refractivity contribution in [1.82, 2.24) is 4.72 Å². The van der Waals surface area contributed by atoms with Gasteiger partial charge in [-0.1, -0.05) is 34.8 Å². The van der Waals surface area contributed by atoms with Crippen LogP contribution in [-0.2, 0) is 11.0 Å². The van der Waals surface area contributed by atoms with Gasteiger partial charge in [-0.15, -0.1) is 0 Å². The average Bonchev–Trinajstić information content (AvgIpc) is 1.97. The zero-order chi connectivity index (χ0) is 12.3.